The van der Waals surface area contributed by atoms with E-state index in [4.69, 9.17) is 5.10 Å². The molecule has 0 spiro atoms. The number of rotatable bonds is 5. The molecule has 4 rings (SSSR count). The average Bonchev–Trinajstić information content (AvgIpc) is 3.19. The van der Waals surface area contributed by atoms with Crippen molar-refractivity contribution in [3.05, 3.63) is 58.9 Å². The number of nitrogens with zero attached hydrogens (tertiary/aromatic N) is 6. The Morgan fingerprint density at radius 3 is 2.23 bits per heavy atom. The number of benzene rings is 1. The van der Waals surface area contributed by atoms with Crippen molar-refractivity contribution in [2.45, 2.75) is 19.9 Å². The molecule has 3 aromatic rings. The highest BCUT2D eigenvalue weighted by atomic mass is 32.2. The van der Waals surface area contributed by atoms with E-state index in [-0.39, 0.29) is 11.6 Å². The van der Waals surface area contributed by atoms with E-state index < -0.39 is 10.0 Å². The number of sulfonamides is 1. The zero-order valence-corrected chi connectivity index (χ0v) is 18.7. The summed E-state index contributed by atoms with van der Waals surface area (Å²) in [4.78, 5) is 14.3. The van der Waals surface area contributed by atoms with Gasteiger partial charge in [-0.15, -0.1) is 5.10 Å². The summed E-state index contributed by atoms with van der Waals surface area (Å²) in [6.45, 7) is 5.78. The Kier molecular flexibility index (Phi) is 5.67. The lowest BCUT2D eigenvalue weighted by atomic mass is 10.2. The van der Waals surface area contributed by atoms with Crippen molar-refractivity contribution in [2.24, 2.45) is 0 Å². The highest BCUT2D eigenvalue weighted by molar-refractivity contribution is 7.88. The summed E-state index contributed by atoms with van der Waals surface area (Å²) < 4.78 is 28.4. The van der Waals surface area contributed by atoms with Crippen LogP contribution in [-0.2, 0) is 10.0 Å². The molecular weight excluding hydrogens is 416 g/mol. The van der Waals surface area contributed by atoms with E-state index in [1.165, 1.54) is 21.3 Å². The van der Waals surface area contributed by atoms with Crippen LogP contribution in [0.2, 0.25) is 0 Å². The third-order valence-electron chi connectivity index (χ3n) is 5.31. The summed E-state index contributed by atoms with van der Waals surface area (Å²) >= 11 is 0. The molecule has 0 amide bonds. The second-order valence-electron chi connectivity index (χ2n) is 7.88. The molecule has 0 radical (unpaired) electrons. The van der Waals surface area contributed by atoms with Crippen LogP contribution in [0, 0.1) is 0 Å². The Bertz CT molecular complexity index is 1230. The zero-order chi connectivity index (χ0) is 22.2. The molecule has 10 heteroatoms. The largest absolute Gasteiger partial charge is 0.352 e. The Morgan fingerprint density at radius 2 is 1.61 bits per heavy atom. The normalized spacial score (nSPS) is 15.5. The first-order valence-corrected chi connectivity index (χ1v) is 12.0. The van der Waals surface area contributed by atoms with Crippen LogP contribution in [0.3, 0.4) is 0 Å². The summed E-state index contributed by atoms with van der Waals surface area (Å²) in [5.41, 5.74) is 2.14. The Hall–Kier alpha value is -2.98. The van der Waals surface area contributed by atoms with Gasteiger partial charge in [-0.05, 0) is 32.0 Å². The van der Waals surface area contributed by atoms with Crippen LogP contribution in [0.25, 0.3) is 17.1 Å². The number of anilines is 1. The van der Waals surface area contributed by atoms with Crippen molar-refractivity contribution < 1.29 is 8.42 Å². The van der Waals surface area contributed by atoms with E-state index in [0.29, 0.717) is 31.9 Å². The van der Waals surface area contributed by atoms with E-state index in [2.05, 4.69) is 10.00 Å². The molecule has 3 heterocycles. The van der Waals surface area contributed by atoms with Gasteiger partial charge in [0.25, 0.3) is 5.56 Å². The Balaban J connectivity index is 1.75. The number of piperazine rings is 1. The molecule has 1 aliphatic rings. The maximum Gasteiger partial charge on any atom is 0.267 e. The van der Waals surface area contributed by atoms with Gasteiger partial charge in [0, 0.05) is 38.3 Å². The molecule has 0 bridgehead atoms. The molecule has 31 heavy (non-hydrogen) atoms. The fourth-order valence-electron chi connectivity index (χ4n) is 3.65. The SMILES string of the molecule is CC(C)n1nc(-c2cc(N3CCN(S(C)(=O)=O)CC3)nn2-c2ccccc2)ccc1=O. The zero-order valence-electron chi connectivity index (χ0n) is 17.8. The minimum absolute atomic E-state index is 0.0657. The number of aromatic nitrogens is 4. The van der Waals surface area contributed by atoms with E-state index in [9.17, 15) is 13.2 Å². The molecule has 0 saturated carbocycles. The standard InChI is InChI=1S/C21H26N6O3S/c1-16(2)26-21(28)10-9-18(22-26)19-15-20(23-27(19)17-7-5-4-6-8-17)24-11-13-25(14-12-24)31(3,29)30/h4-10,15-16H,11-14H2,1-3H3. The molecule has 1 aromatic carbocycles. The lowest BCUT2D eigenvalue weighted by Crippen LogP contribution is -2.48. The predicted molar refractivity (Wildman–Crippen MR) is 120 cm³/mol. The van der Waals surface area contributed by atoms with Gasteiger partial charge in [0.1, 0.15) is 5.69 Å². The quantitative estimate of drug-likeness (QED) is 0.598. The molecular formula is C21H26N6O3S. The maximum atomic E-state index is 12.2. The summed E-state index contributed by atoms with van der Waals surface area (Å²) in [6.07, 6.45) is 1.24. The van der Waals surface area contributed by atoms with Crippen LogP contribution in [-0.4, -0.2) is 64.7 Å². The molecule has 1 fully saturated rings. The molecule has 0 aliphatic carbocycles. The third-order valence-corrected chi connectivity index (χ3v) is 6.61. The topological polar surface area (TPSA) is 93.3 Å². The summed E-state index contributed by atoms with van der Waals surface area (Å²) in [5, 5.41) is 9.38. The van der Waals surface area contributed by atoms with Crippen LogP contribution in [0.15, 0.2) is 53.3 Å². The van der Waals surface area contributed by atoms with Gasteiger partial charge >= 0.3 is 0 Å². The van der Waals surface area contributed by atoms with Crippen molar-refractivity contribution >= 4 is 15.8 Å². The lowest BCUT2D eigenvalue weighted by molar-refractivity contribution is 0.386. The highest BCUT2D eigenvalue weighted by Gasteiger charge is 2.26. The van der Waals surface area contributed by atoms with Gasteiger partial charge in [-0.25, -0.2) is 17.8 Å². The molecule has 0 N–H and O–H groups in total. The van der Waals surface area contributed by atoms with Crippen molar-refractivity contribution in [3.63, 3.8) is 0 Å². The van der Waals surface area contributed by atoms with E-state index in [1.54, 1.807) is 6.07 Å². The minimum Gasteiger partial charge on any atom is -0.352 e. The van der Waals surface area contributed by atoms with Gasteiger partial charge in [0.15, 0.2) is 5.82 Å². The van der Waals surface area contributed by atoms with E-state index >= 15 is 0 Å². The van der Waals surface area contributed by atoms with Crippen molar-refractivity contribution in [1.82, 2.24) is 23.9 Å². The van der Waals surface area contributed by atoms with Crippen molar-refractivity contribution in [3.8, 4) is 17.1 Å². The van der Waals surface area contributed by atoms with Crippen LogP contribution >= 0.6 is 0 Å². The first-order chi connectivity index (χ1) is 14.7. The van der Waals surface area contributed by atoms with Gasteiger partial charge in [0.2, 0.25) is 10.0 Å². The number of hydrogen-bond acceptors (Lipinski definition) is 6. The predicted octanol–water partition coefficient (Wildman–Crippen LogP) is 1.76. The molecule has 164 valence electrons. The van der Waals surface area contributed by atoms with E-state index in [0.717, 1.165) is 17.2 Å². The molecule has 9 nitrogen and oxygen atoms in total. The van der Waals surface area contributed by atoms with Gasteiger partial charge in [0.05, 0.1) is 23.7 Å². The van der Waals surface area contributed by atoms with Gasteiger partial charge in [-0.2, -0.15) is 9.40 Å². The minimum atomic E-state index is -3.20. The fourth-order valence-corrected chi connectivity index (χ4v) is 4.48. The first-order valence-electron chi connectivity index (χ1n) is 10.2. The van der Waals surface area contributed by atoms with Gasteiger partial charge < -0.3 is 4.90 Å². The smallest absolute Gasteiger partial charge is 0.267 e. The lowest BCUT2D eigenvalue weighted by Gasteiger charge is -2.33. The molecule has 0 unspecified atom stereocenters. The van der Waals surface area contributed by atoms with Crippen molar-refractivity contribution in [1.29, 1.82) is 0 Å². The van der Waals surface area contributed by atoms with Crippen LogP contribution in [0.4, 0.5) is 5.82 Å². The molecule has 2 aromatic heterocycles. The summed E-state index contributed by atoms with van der Waals surface area (Å²) in [7, 11) is -3.20. The Labute approximate surface area is 181 Å². The number of hydrogen-bond donors (Lipinski definition) is 0. The van der Waals surface area contributed by atoms with Gasteiger partial charge in [-0.1, -0.05) is 18.2 Å². The highest BCUT2D eigenvalue weighted by Crippen LogP contribution is 2.27. The number of para-hydroxylation sites is 1. The summed E-state index contributed by atoms with van der Waals surface area (Å²) in [6, 6.07) is 14.8. The average molecular weight is 443 g/mol. The third kappa shape index (κ3) is 4.40. The summed E-state index contributed by atoms with van der Waals surface area (Å²) in [5.74, 6) is 0.746. The van der Waals surface area contributed by atoms with Crippen LogP contribution < -0.4 is 10.5 Å². The van der Waals surface area contributed by atoms with Crippen molar-refractivity contribution in [2.75, 3.05) is 37.3 Å². The van der Waals surface area contributed by atoms with Gasteiger partial charge in [-0.3, -0.25) is 4.79 Å². The monoisotopic (exact) mass is 442 g/mol. The van der Waals surface area contributed by atoms with E-state index in [1.807, 2.05) is 54.9 Å². The Morgan fingerprint density at radius 1 is 0.935 bits per heavy atom. The molecule has 1 aliphatic heterocycles. The second kappa shape index (κ2) is 8.27. The van der Waals surface area contributed by atoms with Crippen LogP contribution in [0.1, 0.15) is 19.9 Å². The maximum absolute atomic E-state index is 12.2. The molecule has 0 atom stereocenters. The fraction of sp³-hybridized carbons (Fsp3) is 0.381. The molecule has 1 saturated heterocycles. The second-order valence-corrected chi connectivity index (χ2v) is 9.86. The first kappa shape index (κ1) is 21.3. The van der Waals surface area contributed by atoms with Crippen LogP contribution in [0.5, 0.6) is 0 Å².